The summed E-state index contributed by atoms with van der Waals surface area (Å²) in [5.74, 6) is 0.240. The summed E-state index contributed by atoms with van der Waals surface area (Å²) in [4.78, 5) is 12.5. The van der Waals surface area contributed by atoms with Crippen LogP contribution < -0.4 is 0 Å². The Hall–Kier alpha value is -2.06. The fraction of sp³-hybridized carbons (Fsp3) is 0.118. The summed E-state index contributed by atoms with van der Waals surface area (Å²) in [5, 5.41) is 1.47. The van der Waals surface area contributed by atoms with Gasteiger partial charge in [-0.05, 0) is 43.7 Å². The van der Waals surface area contributed by atoms with Crippen LogP contribution in [-0.2, 0) is 0 Å². The van der Waals surface area contributed by atoms with Crippen LogP contribution in [-0.4, -0.2) is 5.78 Å². The van der Waals surface area contributed by atoms with Crippen LogP contribution in [0.1, 0.15) is 27.2 Å². The number of furan rings is 1. The summed E-state index contributed by atoms with van der Waals surface area (Å²) >= 11 is 5.94. The van der Waals surface area contributed by atoms with Gasteiger partial charge in [-0.1, -0.05) is 35.4 Å². The normalized spacial score (nSPS) is 10.9. The van der Waals surface area contributed by atoms with Gasteiger partial charge in [0.1, 0.15) is 5.58 Å². The van der Waals surface area contributed by atoms with Gasteiger partial charge in [0.15, 0.2) is 5.76 Å². The molecule has 1 heterocycles. The minimum absolute atomic E-state index is 0.102. The third-order valence-electron chi connectivity index (χ3n) is 3.33. The molecule has 0 fully saturated rings. The Morgan fingerprint density at radius 2 is 1.85 bits per heavy atom. The molecule has 0 atom stereocenters. The minimum Gasteiger partial charge on any atom is -0.453 e. The maximum Gasteiger partial charge on any atom is 0.228 e. The summed E-state index contributed by atoms with van der Waals surface area (Å²) in [6.45, 7) is 3.93. The van der Waals surface area contributed by atoms with Gasteiger partial charge < -0.3 is 4.42 Å². The van der Waals surface area contributed by atoms with E-state index in [1.54, 1.807) is 24.3 Å². The zero-order chi connectivity index (χ0) is 14.3. The Labute approximate surface area is 122 Å². The molecule has 0 saturated carbocycles. The third-order valence-corrected chi connectivity index (χ3v) is 3.56. The fourth-order valence-electron chi connectivity index (χ4n) is 2.33. The van der Waals surface area contributed by atoms with E-state index in [-0.39, 0.29) is 5.78 Å². The van der Waals surface area contributed by atoms with Crippen molar-refractivity contribution in [3.8, 4) is 0 Å². The second kappa shape index (κ2) is 4.80. The van der Waals surface area contributed by atoms with Crippen molar-refractivity contribution < 1.29 is 9.21 Å². The molecular formula is C17H13ClO2. The average Bonchev–Trinajstić information content (AvgIpc) is 2.81. The van der Waals surface area contributed by atoms with Crippen LogP contribution in [0.15, 0.2) is 46.9 Å². The van der Waals surface area contributed by atoms with Crippen molar-refractivity contribution >= 4 is 28.4 Å². The number of halogens is 1. The smallest absolute Gasteiger partial charge is 0.228 e. The van der Waals surface area contributed by atoms with Crippen LogP contribution in [0.25, 0.3) is 11.0 Å². The quantitative estimate of drug-likeness (QED) is 0.624. The van der Waals surface area contributed by atoms with Crippen molar-refractivity contribution in [1.82, 2.24) is 0 Å². The van der Waals surface area contributed by atoms with Crippen molar-refractivity contribution in [2.24, 2.45) is 0 Å². The Morgan fingerprint density at radius 3 is 2.60 bits per heavy atom. The maximum atomic E-state index is 12.5. The number of hydrogen-bond acceptors (Lipinski definition) is 2. The first-order valence-corrected chi connectivity index (χ1v) is 6.73. The van der Waals surface area contributed by atoms with Crippen LogP contribution in [0, 0.1) is 13.8 Å². The predicted octanol–water partition coefficient (Wildman–Crippen LogP) is 4.93. The molecule has 3 aromatic rings. The Kier molecular flexibility index (Phi) is 3.11. The van der Waals surface area contributed by atoms with Gasteiger partial charge in [0, 0.05) is 16.0 Å². The van der Waals surface area contributed by atoms with Crippen LogP contribution in [0.3, 0.4) is 0 Å². The standard InChI is InChI=1S/C17H13ClO2/c1-10-3-5-14(11(2)7-10)17(19)16-9-12-8-13(18)4-6-15(12)20-16/h3-9H,1-2H3. The third kappa shape index (κ3) is 2.23. The number of hydrogen-bond donors (Lipinski definition) is 0. The van der Waals surface area contributed by atoms with E-state index in [9.17, 15) is 4.79 Å². The molecule has 2 aromatic carbocycles. The molecule has 0 aliphatic heterocycles. The van der Waals surface area contributed by atoms with E-state index >= 15 is 0 Å². The highest BCUT2D eigenvalue weighted by Crippen LogP contribution is 2.25. The van der Waals surface area contributed by atoms with E-state index in [1.165, 1.54) is 0 Å². The number of carbonyl (C=O) groups excluding carboxylic acids is 1. The fourth-order valence-corrected chi connectivity index (χ4v) is 2.51. The highest BCUT2D eigenvalue weighted by Gasteiger charge is 2.16. The van der Waals surface area contributed by atoms with Gasteiger partial charge in [0.05, 0.1) is 0 Å². The summed E-state index contributed by atoms with van der Waals surface area (Å²) in [7, 11) is 0. The molecule has 3 heteroatoms. The first-order valence-electron chi connectivity index (χ1n) is 6.35. The van der Waals surface area contributed by atoms with E-state index in [0.717, 1.165) is 16.5 Å². The molecule has 0 aliphatic rings. The number of rotatable bonds is 2. The van der Waals surface area contributed by atoms with Crippen LogP contribution in [0.2, 0.25) is 5.02 Å². The number of fused-ring (bicyclic) bond motifs is 1. The lowest BCUT2D eigenvalue weighted by Crippen LogP contribution is -2.02. The van der Waals surface area contributed by atoms with Crippen molar-refractivity contribution in [2.45, 2.75) is 13.8 Å². The number of ketones is 1. The number of benzene rings is 2. The Morgan fingerprint density at radius 1 is 1.05 bits per heavy atom. The van der Waals surface area contributed by atoms with Crippen LogP contribution >= 0.6 is 11.6 Å². The molecule has 2 nitrogen and oxygen atoms in total. The lowest BCUT2D eigenvalue weighted by atomic mass is 10.0. The van der Waals surface area contributed by atoms with Gasteiger partial charge in [-0.15, -0.1) is 0 Å². The SMILES string of the molecule is Cc1ccc(C(=O)c2cc3cc(Cl)ccc3o2)c(C)c1. The van der Waals surface area contributed by atoms with Crippen molar-refractivity contribution in [3.05, 3.63) is 69.9 Å². The molecular weight excluding hydrogens is 272 g/mol. The van der Waals surface area contributed by atoms with Gasteiger partial charge in [0.25, 0.3) is 0 Å². The molecule has 0 saturated heterocycles. The zero-order valence-electron chi connectivity index (χ0n) is 11.2. The molecule has 3 rings (SSSR count). The summed E-state index contributed by atoms with van der Waals surface area (Å²) in [5.41, 5.74) is 3.42. The van der Waals surface area contributed by atoms with Gasteiger partial charge in [0.2, 0.25) is 5.78 Å². The van der Waals surface area contributed by atoms with Crippen molar-refractivity contribution in [2.75, 3.05) is 0 Å². The zero-order valence-corrected chi connectivity index (χ0v) is 12.0. The van der Waals surface area contributed by atoms with E-state index in [4.69, 9.17) is 16.0 Å². The second-order valence-electron chi connectivity index (χ2n) is 4.94. The molecule has 0 bridgehead atoms. The summed E-state index contributed by atoms with van der Waals surface area (Å²) in [6.07, 6.45) is 0. The topological polar surface area (TPSA) is 30.2 Å². The first kappa shape index (κ1) is 12.9. The lowest BCUT2D eigenvalue weighted by molar-refractivity contribution is 0.101. The molecule has 0 unspecified atom stereocenters. The molecule has 1 aromatic heterocycles. The molecule has 0 aliphatic carbocycles. The van der Waals surface area contributed by atoms with Crippen LogP contribution in [0.5, 0.6) is 0 Å². The Balaban J connectivity index is 2.08. The predicted molar refractivity (Wildman–Crippen MR) is 80.6 cm³/mol. The van der Waals surface area contributed by atoms with E-state index in [2.05, 4.69) is 0 Å². The molecule has 0 radical (unpaired) electrons. The summed E-state index contributed by atoms with van der Waals surface area (Å²) < 4.78 is 5.62. The van der Waals surface area contributed by atoms with Crippen LogP contribution in [0.4, 0.5) is 0 Å². The number of aryl methyl sites for hydroxylation is 2. The van der Waals surface area contributed by atoms with Gasteiger partial charge in [-0.25, -0.2) is 0 Å². The van der Waals surface area contributed by atoms with E-state index in [0.29, 0.717) is 21.9 Å². The number of carbonyl (C=O) groups is 1. The highest BCUT2D eigenvalue weighted by atomic mass is 35.5. The molecule has 100 valence electrons. The first-order chi connectivity index (χ1) is 9.54. The molecule has 0 N–H and O–H groups in total. The second-order valence-corrected chi connectivity index (χ2v) is 5.38. The average molecular weight is 285 g/mol. The Bertz CT molecular complexity index is 815. The highest BCUT2D eigenvalue weighted by molar-refractivity contribution is 6.31. The van der Waals surface area contributed by atoms with Gasteiger partial charge >= 0.3 is 0 Å². The van der Waals surface area contributed by atoms with Gasteiger partial charge in [-0.2, -0.15) is 0 Å². The van der Waals surface area contributed by atoms with Gasteiger partial charge in [-0.3, -0.25) is 4.79 Å². The monoisotopic (exact) mass is 284 g/mol. The molecule has 0 amide bonds. The summed E-state index contributed by atoms with van der Waals surface area (Å²) in [6, 6.07) is 12.8. The van der Waals surface area contributed by atoms with Crippen molar-refractivity contribution in [1.29, 1.82) is 0 Å². The minimum atomic E-state index is -0.102. The molecule has 20 heavy (non-hydrogen) atoms. The lowest BCUT2D eigenvalue weighted by Gasteiger charge is -2.03. The molecule has 0 spiro atoms. The van der Waals surface area contributed by atoms with E-state index in [1.807, 2.05) is 32.0 Å². The van der Waals surface area contributed by atoms with E-state index < -0.39 is 0 Å². The maximum absolute atomic E-state index is 12.5. The van der Waals surface area contributed by atoms with Crippen molar-refractivity contribution in [3.63, 3.8) is 0 Å². The largest absolute Gasteiger partial charge is 0.453 e.